The number of hydrogen-bond donors (Lipinski definition) is 2. The molecule has 0 aliphatic rings. The third-order valence-corrected chi connectivity index (χ3v) is 3.38. The Balaban J connectivity index is 2.21. The molecular formula is C14H13BrN4O2. The number of anilines is 1. The first-order valence-corrected chi connectivity index (χ1v) is 6.80. The highest BCUT2D eigenvalue weighted by molar-refractivity contribution is 9.10. The van der Waals surface area contributed by atoms with Crippen LogP contribution in [-0.2, 0) is 0 Å². The Hall–Kier alpha value is -2.41. The fourth-order valence-electron chi connectivity index (χ4n) is 1.70. The number of nitrogens with zero attached hydrogens (tertiary/aromatic N) is 3. The van der Waals surface area contributed by atoms with E-state index in [1.54, 1.807) is 49.6 Å². The van der Waals surface area contributed by atoms with Crippen LogP contribution in [0, 0.1) is 0 Å². The fraction of sp³-hybridized carbons (Fsp3) is 0.0714. The molecule has 0 saturated heterocycles. The average Bonchev–Trinajstić information content (AvgIpc) is 2.53. The van der Waals surface area contributed by atoms with Crippen molar-refractivity contribution in [1.29, 1.82) is 0 Å². The number of amides is 1. The molecule has 0 aliphatic heterocycles. The smallest absolute Gasteiger partial charge is 0.276 e. The van der Waals surface area contributed by atoms with Gasteiger partial charge in [0.2, 0.25) is 0 Å². The number of halogens is 1. The van der Waals surface area contributed by atoms with Gasteiger partial charge in [-0.1, -0.05) is 5.16 Å². The number of carbonyl (C=O) groups excluding carboxylic acids is 1. The standard InChI is InChI=1S/C14H13BrN4O2/c1-19(14(20)12-7-4-10(15)8-17-12)11-5-2-9(3-6-11)13(16)18-21/h2-8,21H,1H3,(H2,16,18). The van der Waals surface area contributed by atoms with Crippen LogP contribution in [0.1, 0.15) is 16.1 Å². The van der Waals surface area contributed by atoms with E-state index in [0.29, 0.717) is 16.9 Å². The Kier molecular flexibility index (Phi) is 4.54. The van der Waals surface area contributed by atoms with E-state index < -0.39 is 0 Å². The number of pyridine rings is 1. The van der Waals surface area contributed by atoms with Crippen LogP contribution in [0.4, 0.5) is 5.69 Å². The number of benzene rings is 1. The van der Waals surface area contributed by atoms with Crippen LogP contribution in [0.3, 0.4) is 0 Å². The molecule has 1 amide bonds. The van der Waals surface area contributed by atoms with Gasteiger partial charge in [-0.25, -0.2) is 4.98 Å². The minimum atomic E-state index is -0.223. The first-order chi connectivity index (χ1) is 10.0. The lowest BCUT2D eigenvalue weighted by molar-refractivity contribution is 0.0988. The van der Waals surface area contributed by atoms with Gasteiger partial charge in [-0.2, -0.15) is 0 Å². The molecule has 108 valence electrons. The molecule has 0 bridgehead atoms. The minimum Gasteiger partial charge on any atom is -0.409 e. The largest absolute Gasteiger partial charge is 0.409 e. The molecule has 2 aromatic rings. The summed E-state index contributed by atoms with van der Waals surface area (Å²) in [7, 11) is 1.66. The van der Waals surface area contributed by atoms with E-state index in [2.05, 4.69) is 26.1 Å². The summed E-state index contributed by atoms with van der Waals surface area (Å²) < 4.78 is 0.810. The van der Waals surface area contributed by atoms with Crippen molar-refractivity contribution in [2.75, 3.05) is 11.9 Å². The van der Waals surface area contributed by atoms with Gasteiger partial charge in [0.25, 0.3) is 5.91 Å². The summed E-state index contributed by atoms with van der Waals surface area (Å²) in [4.78, 5) is 17.8. The molecule has 0 radical (unpaired) electrons. The SMILES string of the molecule is CN(C(=O)c1ccc(Br)cn1)c1ccc(C(N)=NO)cc1. The van der Waals surface area contributed by atoms with Crippen LogP contribution in [0.5, 0.6) is 0 Å². The normalized spacial score (nSPS) is 11.2. The Morgan fingerprint density at radius 3 is 2.48 bits per heavy atom. The number of rotatable bonds is 3. The molecule has 0 fully saturated rings. The predicted molar refractivity (Wildman–Crippen MR) is 83.6 cm³/mol. The number of nitrogens with two attached hydrogens (primary N) is 1. The molecule has 1 heterocycles. The topological polar surface area (TPSA) is 91.8 Å². The zero-order valence-corrected chi connectivity index (χ0v) is 12.8. The van der Waals surface area contributed by atoms with Crippen LogP contribution < -0.4 is 10.6 Å². The maximum absolute atomic E-state index is 12.3. The summed E-state index contributed by atoms with van der Waals surface area (Å²) in [6.07, 6.45) is 1.57. The summed E-state index contributed by atoms with van der Waals surface area (Å²) in [6, 6.07) is 10.2. The third-order valence-electron chi connectivity index (χ3n) is 2.91. The van der Waals surface area contributed by atoms with Crippen molar-refractivity contribution in [1.82, 2.24) is 4.98 Å². The number of amidine groups is 1. The summed E-state index contributed by atoms with van der Waals surface area (Å²) in [6.45, 7) is 0. The van der Waals surface area contributed by atoms with Crippen molar-refractivity contribution in [3.8, 4) is 0 Å². The van der Waals surface area contributed by atoms with Crippen LogP contribution >= 0.6 is 15.9 Å². The number of aromatic nitrogens is 1. The van der Waals surface area contributed by atoms with E-state index in [1.165, 1.54) is 4.90 Å². The summed E-state index contributed by atoms with van der Waals surface area (Å²) in [5.74, 6) is -0.204. The van der Waals surface area contributed by atoms with Crippen molar-refractivity contribution in [3.63, 3.8) is 0 Å². The van der Waals surface area contributed by atoms with E-state index in [0.717, 1.165) is 4.47 Å². The third kappa shape index (κ3) is 3.38. The molecule has 7 heteroatoms. The Morgan fingerprint density at radius 2 is 1.95 bits per heavy atom. The molecule has 0 saturated carbocycles. The molecule has 0 atom stereocenters. The van der Waals surface area contributed by atoms with E-state index in [1.807, 2.05) is 0 Å². The van der Waals surface area contributed by atoms with E-state index >= 15 is 0 Å². The van der Waals surface area contributed by atoms with Gasteiger partial charge in [-0.05, 0) is 52.3 Å². The van der Waals surface area contributed by atoms with Crippen molar-refractivity contribution < 1.29 is 10.0 Å². The van der Waals surface area contributed by atoms with Crippen LogP contribution in [-0.4, -0.2) is 29.0 Å². The summed E-state index contributed by atoms with van der Waals surface area (Å²) in [5.41, 5.74) is 7.09. The molecule has 0 aliphatic carbocycles. The zero-order chi connectivity index (χ0) is 15.4. The lowest BCUT2D eigenvalue weighted by atomic mass is 10.2. The van der Waals surface area contributed by atoms with Gasteiger partial charge in [0.05, 0.1) is 0 Å². The fourth-order valence-corrected chi connectivity index (χ4v) is 1.94. The highest BCUT2D eigenvalue weighted by Crippen LogP contribution is 2.17. The highest BCUT2D eigenvalue weighted by Gasteiger charge is 2.14. The average molecular weight is 349 g/mol. The first kappa shape index (κ1) is 15.0. The maximum atomic E-state index is 12.3. The van der Waals surface area contributed by atoms with Crippen molar-refractivity contribution in [2.45, 2.75) is 0 Å². The highest BCUT2D eigenvalue weighted by atomic mass is 79.9. The van der Waals surface area contributed by atoms with E-state index in [9.17, 15) is 4.79 Å². The molecule has 2 rings (SSSR count). The molecular weight excluding hydrogens is 336 g/mol. The Labute approximate surface area is 130 Å². The van der Waals surface area contributed by atoms with E-state index in [-0.39, 0.29) is 11.7 Å². The van der Waals surface area contributed by atoms with Gasteiger partial charge < -0.3 is 15.8 Å². The first-order valence-electron chi connectivity index (χ1n) is 6.00. The second-order valence-electron chi connectivity index (χ2n) is 4.26. The Bertz CT molecular complexity index is 668. The number of oxime groups is 1. The monoisotopic (exact) mass is 348 g/mol. The minimum absolute atomic E-state index is 0.0186. The second-order valence-corrected chi connectivity index (χ2v) is 5.17. The van der Waals surface area contributed by atoms with Gasteiger partial charge in [0.1, 0.15) is 5.69 Å². The van der Waals surface area contributed by atoms with Crippen molar-refractivity contribution in [3.05, 3.63) is 58.3 Å². The lowest BCUT2D eigenvalue weighted by Crippen LogP contribution is -2.27. The summed E-state index contributed by atoms with van der Waals surface area (Å²) in [5, 5.41) is 11.5. The lowest BCUT2D eigenvalue weighted by Gasteiger charge is -2.17. The predicted octanol–water partition coefficient (Wildman–Crippen LogP) is 2.22. The molecule has 0 spiro atoms. The zero-order valence-electron chi connectivity index (χ0n) is 11.2. The number of carbonyl (C=O) groups is 1. The molecule has 0 unspecified atom stereocenters. The second kappa shape index (κ2) is 6.36. The molecule has 3 N–H and O–H groups in total. The van der Waals surface area contributed by atoms with E-state index in [4.69, 9.17) is 10.9 Å². The van der Waals surface area contributed by atoms with Gasteiger partial charge in [0.15, 0.2) is 5.84 Å². The van der Waals surface area contributed by atoms with Gasteiger partial charge in [-0.15, -0.1) is 0 Å². The maximum Gasteiger partial charge on any atom is 0.276 e. The molecule has 6 nitrogen and oxygen atoms in total. The van der Waals surface area contributed by atoms with Crippen LogP contribution in [0.2, 0.25) is 0 Å². The number of hydrogen-bond acceptors (Lipinski definition) is 4. The van der Waals surface area contributed by atoms with Crippen LogP contribution in [0.25, 0.3) is 0 Å². The summed E-state index contributed by atoms with van der Waals surface area (Å²) >= 11 is 3.27. The van der Waals surface area contributed by atoms with Crippen LogP contribution in [0.15, 0.2) is 52.2 Å². The Morgan fingerprint density at radius 1 is 1.29 bits per heavy atom. The van der Waals surface area contributed by atoms with Crippen molar-refractivity contribution in [2.24, 2.45) is 10.9 Å². The molecule has 1 aromatic heterocycles. The molecule has 1 aromatic carbocycles. The van der Waals surface area contributed by atoms with Gasteiger partial charge >= 0.3 is 0 Å². The van der Waals surface area contributed by atoms with Gasteiger partial charge in [-0.3, -0.25) is 4.79 Å². The van der Waals surface area contributed by atoms with Gasteiger partial charge in [0, 0.05) is 29.0 Å². The quantitative estimate of drug-likeness (QED) is 0.385. The van der Waals surface area contributed by atoms with Crippen molar-refractivity contribution >= 4 is 33.4 Å². The molecule has 21 heavy (non-hydrogen) atoms.